The Kier molecular flexibility index (Phi) is 3.36. The summed E-state index contributed by atoms with van der Waals surface area (Å²) in [6.45, 7) is 2.11. The van der Waals surface area contributed by atoms with Gasteiger partial charge in [-0.15, -0.1) is 0 Å². The number of rotatable bonds is 2. The van der Waals surface area contributed by atoms with Crippen LogP contribution in [0, 0.1) is 17.8 Å². The van der Waals surface area contributed by atoms with E-state index in [2.05, 4.69) is 31.2 Å². The van der Waals surface area contributed by atoms with E-state index in [1.165, 1.54) is 24.0 Å². The van der Waals surface area contributed by atoms with Crippen molar-refractivity contribution in [1.29, 1.82) is 0 Å². The molecule has 0 spiro atoms. The van der Waals surface area contributed by atoms with E-state index in [1.807, 2.05) is 0 Å². The van der Waals surface area contributed by atoms with Crippen LogP contribution in [0.3, 0.4) is 0 Å². The number of fused-ring (bicyclic) bond motifs is 5. The fraction of sp³-hybridized carbons (Fsp3) is 0.550. The number of hydrogen-bond donors (Lipinski definition) is 0. The number of hydrogen-bond acceptors (Lipinski definition) is 2. The van der Waals surface area contributed by atoms with E-state index in [0.29, 0.717) is 23.5 Å². The SMILES string of the molecule is CCC1=C[C@H]2[C@@H]3CCc4cc(OC)ccc4[C@H]3CC[C@@H]2C1=O. The lowest BCUT2D eigenvalue weighted by Crippen LogP contribution is -2.36. The van der Waals surface area contributed by atoms with Crippen LogP contribution in [-0.2, 0) is 11.2 Å². The monoisotopic (exact) mass is 296 g/mol. The van der Waals surface area contributed by atoms with Crippen LogP contribution < -0.4 is 4.74 Å². The molecule has 4 atom stereocenters. The summed E-state index contributed by atoms with van der Waals surface area (Å²) in [5.41, 5.74) is 4.07. The third kappa shape index (κ3) is 1.96. The van der Waals surface area contributed by atoms with E-state index in [1.54, 1.807) is 7.11 Å². The summed E-state index contributed by atoms with van der Waals surface area (Å²) in [7, 11) is 1.74. The topological polar surface area (TPSA) is 26.3 Å². The molecule has 22 heavy (non-hydrogen) atoms. The lowest BCUT2D eigenvalue weighted by atomic mass is 9.61. The van der Waals surface area contributed by atoms with Gasteiger partial charge in [-0.1, -0.05) is 19.1 Å². The molecule has 2 nitrogen and oxygen atoms in total. The molecule has 4 rings (SSSR count). The summed E-state index contributed by atoms with van der Waals surface area (Å²) in [6, 6.07) is 6.58. The Morgan fingerprint density at radius 2 is 2.00 bits per heavy atom. The Balaban J connectivity index is 1.68. The summed E-state index contributed by atoms with van der Waals surface area (Å²) >= 11 is 0. The van der Waals surface area contributed by atoms with Gasteiger partial charge in [-0.05, 0) is 78.7 Å². The third-order valence-electron chi connectivity index (χ3n) is 6.19. The van der Waals surface area contributed by atoms with E-state index < -0.39 is 0 Å². The molecule has 0 heterocycles. The molecule has 0 N–H and O–H groups in total. The Morgan fingerprint density at radius 1 is 1.18 bits per heavy atom. The summed E-state index contributed by atoms with van der Waals surface area (Å²) < 4.78 is 5.37. The van der Waals surface area contributed by atoms with Crippen LogP contribution in [0.1, 0.15) is 49.7 Å². The number of benzene rings is 1. The zero-order valence-electron chi connectivity index (χ0n) is 13.5. The van der Waals surface area contributed by atoms with Gasteiger partial charge < -0.3 is 4.74 Å². The van der Waals surface area contributed by atoms with Crippen LogP contribution in [-0.4, -0.2) is 12.9 Å². The minimum absolute atomic E-state index is 0.288. The molecule has 0 aromatic heterocycles. The van der Waals surface area contributed by atoms with Crippen LogP contribution >= 0.6 is 0 Å². The summed E-state index contributed by atoms with van der Waals surface area (Å²) in [5, 5.41) is 0. The van der Waals surface area contributed by atoms with Gasteiger partial charge in [0, 0.05) is 5.92 Å². The summed E-state index contributed by atoms with van der Waals surface area (Å²) in [5.74, 6) is 3.50. The molecule has 3 aliphatic carbocycles. The number of Topliss-reactive ketones (excluding diaryl/α,β-unsaturated/α-hetero) is 1. The van der Waals surface area contributed by atoms with Gasteiger partial charge in [-0.3, -0.25) is 4.79 Å². The second-order valence-corrected chi connectivity index (χ2v) is 7.04. The Morgan fingerprint density at radius 3 is 2.77 bits per heavy atom. The van der Waals surface area contributed by atoms with Crippen molar-refractivity contribution in [3.63, 3.8) is 0 Å². The lowest BCUT2D eigenvalue weighted by molar-refractivity contribution is -0.121. The standard InChI is InChI=1S/C20H24O2/c1-3-12-11-19-17-6-4-13-10-14(22-2)5-7-15(13)16(17)8-9-18(19)20(12)21/h5,7,10-11,16-19H,3-4,6,8-9H2,1-2H3/t16-,17-,18+,19+/m1/s1. The second-order valence-electron chi connectivity index (χ2n) is 7.04. The van der Waals surface area contributed by atoms with Crippen LogP contribution in [0.5, 0.6) is 5.75 Å². The maximum atomic E-state index is 12.5. The van der Waals surface area contributed by atoms with Crippen LogP contribution in [0.2, 0.25) is 0 Å². The molecular weight excluding hydrogens is 272 g/mol. The van der Waals surface area contributed by atoms with Gasteiger partial charge in [0.15, 0.2) is 5.78 Å². The molecule has 0 radical (unpaired) electrons. The van der Waals surface area contributed by atoms with E-state index >= 15 is 0 Å². The number of carbonyl (C=O) groups excluding carboxylic acids is 1. The van der Waals surface area contributed by atoms with E-state index in [4.69, 9.17) is 4.74 Å². The smallest absolute Gasteiger partial charge is 0.162 e. The second kappa shape index (κ2) is 5.26. The van der Waals surface area contributed by atoms with Crippen molar-refractivity contribution in [2.75, 3.05) is 7.11 Å². The first-order valence-corrected chi connectivity index (χ1v) is 8.64. The molecule has 0 saturated heterocycles. The molecule has 116 valence electrons. The van der Waals surface area contributed by atoms with E-state index in [0.717, 1.165) is 30.6 Å². The van der Waals surface area contributed by atoms with Gasteiger partial charge in [0.05, 0.1) is 7.11 Å². The van der Waals surface area contributed by atoms with Crippen molar-refractivity contribution < 1.29 is 9.53 Å². The summed E-state index contributed by atoms with van der Waals surface area (Å²) in [4.78, 5) is 12.5. The van der Waals surface area contributed by atoms with Crippen molar-refractivity contribution >= 4 is 5.78 Å². The highest BCUT2D eigenvalue weighted by atomic mass is 16.5. The average Bonchev–Trinajstić information content (AvgIpc) is 2.90. The minimum atomic E-state index is 0.288. The third-order valence-corrected chi connectivity index (χ3v) is 6.19. The normalized spacial score (nSPS) is 32.8. The zero-order chi connectivity index (χ0) is 15.3. The molecule has 1 saturated carbocycles. The lowest BCUT2D eigenvalue weighted by Gasteiger charge is -2.43. The number of carbonyl (C=O) groups is 1. The maximum absolute atomic E-state index is 12.5. The number of ether oxygens (including phenoxy) is 1. The molecule has 0 aliphatic heterocycles. The van der Waals surface area contributed by atoms with Gasteiger partial charge in [0.2, 0.25) is 0 Å². The largest absolute Gasteiger partial charge is 0.497 e. The molecule has 0 bridgehead atoms. The fourth-order valence-corrected chi connectivity index (χ4v) is 5.11. The van der Waals surface area contributed by atoms with Gasteiger partial charge >= 0.3 is 0 Å². The highest BCUT2D eigenvalue weighted by Gasteiger charge is 2.47. The molecule has 3 aliphatic rings. The van der Waals surface area contributed by atoms with Gasteiger partial charge in [-0.25, -0.2) is 0 Å². The number of aryl methyl sites for hydroxylation is 1. The van der Waals surface area contributed by atoms with Crippen molar-refractivity contribution in [2.24, 2.45) is 17.8 Å². The van der Waals surface area contributed by atoms with Gasteiger partial charge in [-0.2, -0.15) is 0 Å². The highest BCUT2D eigenvalue weighted by Crippen LogP contribution is 2.53. The molecular formula is C20H24O2. The average molecular weight is 296 g/mol. The first-order chi connectivity index (χ1) is 10.7. The molecule has 0 unspecified atom stereocenters. The molecule has 1 aromatic rings. The number of allylic oxidation sites excluding steroid dienone is 2. The first-order valence-electron chi connectivity index (χ1n) is 8.64. The maximum Gasteiger partial charge on any atom is 0.162 e. The number of ketones is 1. The van der Waals surface area contributed by atoms with E-state index in [-0.39, 0.29) is 5.92 Å². The Bertz CT molecular complexity index is 643. The Labute approximate surface area is 132 Å². The molecule has 1 fully saturated rings. The van der Waals surface area contributed by atoms with Gasteiger partial charge in [0.1, 0.15) is 5.75 Å². The van der Waals surface area contributed by atoms with Crippen molar-refractivity contribution in [3.05, 3.63) is 41.0 Å². The number of methoxy groups -OCH3 is 1. The zero-order valence-corrected chi connectivity index (χ0v) is 13.5. The summed E-state index contributed by atoms with van der Waals surface area (Å²) in [6.07, 6.45) is 7.81. The highest BCUT2D eigenvalue weighted by molar-refractivity contribution is 6.00. The van der Waals surface area contributed by atoms with Crippen LogP contribution in [0.4, 0.5) is 0 Å². The molecule has 0 amide bonds. The minimum Gasteiger partial charge on any atom is -0.497 e. The van der Waals surface area contributed by atoms with Gasteiger partial charge in [0.25, 0.3) is 0 Å². The fourth-order valence-electron chi connectivity index (χ4n) is 5.11. The van der Waals surface area contributed by atoms with Crippen LogP contribution in [0.25, 0.3) is 0 Å². The Hall–Kier alpha value is -1.57. The van der Waals surface area contributed by atoms with Crippen molar-refractivity contribution in [2.45, 2.75) is 44.9 Å². The van der Waals surface area contributed by atoms with Crippen molar-refractivity contribution in [1.82, 2.24) is 0 Å². The van der Waals surface area contributed by atoms with Crippen LogP contribution in [0.15, 0.2) is 29.8 Å². The van der Waals surface area contributed by atoms with E-state index in [9.17, 15) is 4.79 Å². The molecule has 2 heteroatoms. The predicted octanol–water partition coefficient (Wildman–Crippen LogP) is 4.29. The quantitative estimate of drug-likeness (QED) is 0.814. The first kappa shape index (κ1) is 14.0. The van der Waals surface area contributed by atoms with Crippen molar-refractivity contribution in [3.8, 4) is 5.75 Å². The molecule has 1 aromatic carbocycles. The predicted molar refractivity (Wildman–Crippen MR) is 87.1 cm³/mol.